The van der Waals surface area contributed by atoms with Crippen LogP contribution in [0.15, 0.2) is 79.0 Å². The summed E-state index contributed by atoms with van der Waals surface area (Å²) in [6.45, 7) is 5.45. The van der Waals surface area contributed by atoms with E-state index < -0.39 is 17.6 Å². The largest absolute Gasteiger partial charge is 0.444 e. The van der Waals surface area contributed by atoms with Crippen molar-refractivity contribution in [3.8, 4) is 11.4 Å². The summed E-state index contributed by atoms with van der Waals surface area (Å²) < 4.78 is 5.30. The van der Waals surface area contributed by atoms with Gasteiger partial charge in [0.2, 0.25) is 5.95 Å². The van der Waals surface area contributed by atoms with Crippen molar-refractivity contribution in [3.63, 3.8) is 0 Å². The van der Waals surface area contributed by atoms with Crippen LogP contribution in [0.4, 0.5) is 33.6 Å². The highest BCUT2D eigenvalue weighted by Gasteiger charge is 2.16. The Labute approximate surface area is 236 Å². The molecule has 0 aliphatic carbocycles. The molecular formula is C30H30N8O3. The van der Waals surface area contributed by atoms with Gasteiger partial charge < -0.3 is 25.7 Å². The van der Waals surface area contributed by atoms with Crippen LogP contribution in [0, 0.1) is 0 Å². The smallest absolute Gasteiger partial charge is 0.412 e. The monoisotopic (exact) mass is 550 g/mol. The first-order chi connectivity index (χ1) is 19.6. The quantitative estimate of drug-likeness (QED) is 0.193. The molecule has 0 aliphatic rings. The molecule has 0 saturated carbocycles. The number of para-hydroxylation sites is 1. The number of amides is 2. The Balaban J connectivity index is 1.26. The van der Waals surface area contributed by atoms with Gasteiger partial charge in [0.25, 0.3) is 5.91 Å². The summed E-state index contributed by atoms with van der Waals surface area (Å²) in [5, 5.41) is 5.96. The van der Waals surface area contributed by atoms with E-state index in [-0.39, 0.29) is 0 Å². The Bertz CT molecular complexity index is 1710. The molecule has 5 aromatic rings. The summed E-state index contributed by atoms with van der Waals surface area (Å²) in [5.41, 5.74) is 9.71. The zero-order valence-corrected chi connectivity index (χ0v) is 23.1. The van der Waals surface area contributed by atoms with Crippen LogP contribution in [0.1, 0.15) is 31.1 Å². The first-order valence-electron chi connectivity index (χ1n) is 12.9. The van der Waals surface area contributed by atoms with Crippen LogP contribution in [-0.4, -0.2) is 44.6 Å². The summed E-state index contributed by atoms with van der Waals surface area (Å²) in [5.74, 6) is 1.22. The number of primary amides is 1. The zero-order valence-electron chi connectivity index (χ0n) is 23.1. The summed E-state index contributed by atoms with van der Waals surface area (Å²) >= 11 is 0. The van der Waals surface area contributed by atoms with Crippen LogP contribution in [0.2, 0.25) is 0 Å². The molecule has 5 rings (SSSR count). The molecule has 2 aromatic heterocycles. The molecule has 11 heteroatoms. The highest BCUT2D eigenvalue weighted by molar-refractivity contribution is 6.04. The third-order valence-electron chi connectivity index (χ3n) is 6.08. The van der Waals surface area contributed by atoms with Gasteiger partial charge in [-0.2, -0.15) is 4.98 Å². The highest BCUT2D eigenvalue weighted by atomic mass is 16.6. The van der Waals surface area contributed by atoms with E-state index in [9.17, 15) is 9.59 Å². The lowest BCUT2D eigenvalue weighted by Crippen LogP contribution is -2.27. The minimum absolute atomic E-state index is 0.374. The standard InChI is InChI=1S/C30H30N8O3/c1-30(2,3)41-29(40)34-20-12-14-21(15-13-20)38(4)24-16-17-32-28(36-24)33-19-10-8-18(9-11-19)27-35-23-7-5-6-22(26(31)39)25(23)37-27/h5-17H,1-4H3,(H2,31,39)(H,34,40)(H,35,37)(H,32,33,36). The molecule has 0 bridgehead atoms. The molecule has 11 nitrogen and oxygen atoms in total. The molecular weight excluding hydrogens is 520 g/mol. The maximum absolute atomic E-state index is 12.0. The van der Waals surface area contributed by atoms with E-state index in [0.717, 1.165) is 22.5 Å². The number of aromatic amines is 1. The number of rotatable bonds is 7. The number of ether oxygens (including phenoxy) is 1. The summed E-state index contributed by atoms with van der Waals surface area (Å²) in [6, 6.07) is 22.1. The van der Waals surface area contributed by atoms with Gasteiger partial charge in [0.1, 0.15) is 22.8 Å². The van der Waals surface area contributed by atoms with Gasteiger partial charge in [0.05, 0.1) is 11.1 Å². The van der Waals surface area contributed by atoms with Gasteiger partial charge in [-0.3, -0.25) is 10.1 Å². The van der Waals surface area contributed by atoms with Crippen molar-refractivity contribution >= 4 is 51.9 Å². The van der Waals surface area contributed by atoms with Gasteiger partial charge >= 0.3 is 6.09 Å². The van der Waals surface area contributed by atoms with Gasteiger partial charge in [-0.15, -0.1) is 0 Å². The molecule has 0 atom stereocenters. The summed E-state index contributed by atoms with van der Waals surface area (Å²) in [6.07, 6.45) is 1.17. The van der Waals surface area contributed by atoms with Crippen LogP contribution < -0.4 is 21.3 Å². The number of H-pyrrole nitrogens is 1. The van der Waals surface area contributed by atoms with Gasteiger partial charge in [-0.05, 0) is 87.5 Å². The van der Waals surface area contributed by atoms with Crippen LogP contribution >= 0.6 is 0 Å². The second-order valence-electron chi connectivity index (χ2n) is 10.3. The van der Waals surface area contributed by atoms with Gasteiger partial charge in [-0.25, -0.2) is 14.8 Å². The Hall–Kier alpha value is -5.45. The lowest BCUT2D eigenvalue weighted by Gasteiger charge is -2.21. The average molecular weight is 551 g/mol. The van der Waals surface area contributed by atoms with Crippen LogP contribution in [0.25, 0.3) is 22.4 Å². The number of aromatic nitrogens is 4. The highest BCUT2D eigenvalue weighted by Crippen LogP contribution is 2.27. The number of benzene rings is 3. The van der Waals surface area contributed by atoms with Crippen LogP contribution in [-0.2, 0) is 4.74 Å². The molecule has 0 unspecified atom stereocenters. The molecule has 41 heavy (non-hydrogen) atoms. The fraction of sp³-hybridized carbons (Fsp3) is 0.167. The van der Waals surface area contributed by atoms with E-state index in [1.54, 1.807) is 30.5 Å². The third-order valence-corrected chi connectivity index (χ3v) is 6.08. The molecule has 0 aliphatic heterocycles. The number of carbonyl (C=O) groups is 2. The van der Waals surface area contributed by atoms with Crippen molar-refractivity contribution in [3.05, 3.63) is 84.6 Å². The molecule has 2 amide bonds. The molecule has 2 heterocycles. The van der Waals surface area contributed by atoms with Crippen molar-refractivity contribution in [1.29, 1.82) is 0 Å². The number of nitrogens with zero attached hydrogens (tertiary/aromatic N) is 4. The van der Waals surface area contributed by atoms with E-state index in [0.29, 0.717) is 34.4 Å². The second kappa shape index (κ2) is 11.0. The molecule has 0 fully saturated rings. The topological polar surface area (TPSA) is 151 Å². The Morgan fingerprint density at radius 3 is 2.32 bits per heavy atom. The maximum atomic E-state index is 12.0. The number of nitrogens with one attached hydrogen (secondary N) is 3. The predicted molar refractivity (Wildman–Crippen MR) is 160 cm³/mol. The first-order valence-corrected chi connectivity index (χ1v) is 12.9. The van der Waals surface area contributed by atoms with Gasteiger partial charge in [-0.1, -0.05) is 6.07 Å². The Morgan fingerprint density at radius 1 is 0.927 bits per heavy atom. The van der Waals surface area contributed by atoms with Crippen molar-refractivity contribution in [2.24, 2.45) is 5.73 Å². The average Bonchev–Trinajstić information content (AvgIpc) is 3.37. The predicted octanol–water partition coefficient (Wildman–Crippen LogP) is 5.98. The number of hydrogen-bond acceptors (Lipinski definition) is 8. The fourth-order valence-electron chi connectivity index (χ4n) is 4.13. The number of imidazole rings is 1. The summed E-state index contributed by atoms with van der Waals surface area (Å²) in [4.78, 5) is 42.5. The van der Waals surface area contributed by atoms with E-state index >= 15 is 0 Å². The molecule has 0 radical (unpaired) electrons. The number of hydrogen-bond donors (Lipinski definition) is 4. The van der Waals surface area contributed by atoms with E-state index in [2.05, 4.69) is 30.6 Å². The number of anilines is 5. The van der Waals surface area contributed by atoms with Crippen LogP contribution in [0.3, 0.4) is 0 Å². The zero-order chi connectivity index (χ0) is 29.1. The van der Waals surface area contributed by atoms with E-state index in [1.807, 2.05) is 81.2 Å². The minimum atomic E-state index is -0.572. The first kappa shape index (κ1) is 27.1. The number of fused-ring (bicyclic) bond motifs is 1. The van der Waals surface area contributed by atoms with Crippen molar-refractivity contribution in [2.45, 2.75) is 26.4 Å². The van der Waals surface area contributed by atoms with Gasteiger partial charge in [0.15, 0.2) is 0 Å². The van der Waals surface area contributed by atoms with Gasteiger partial charge in [0, 0.05) is 35.9 Å². The van der Waals surface area contributed by atoms with E-state index in [1.165, 1.54) is 0 Å². The molecule has 0 spiro atoms. The Morgan fingerprint density at radius 2 is 1.63 bits per heavy atom. The second-order valence-corrected chi connectivity index (χ2v) is 10.3. The summed E-state index contributed by atoms with van der Waals surface area (Å²) in [7, 11) is 1.90. The van der Waals surface area contributed by atoms with Crippen molar-refractivity contribution < 1.29 is 14.3 Å². The molecule has 208 valence electrons. The molecule has 3 aromatic carbocycles. The Kier molecular flexibility index (Phi) is 7.26. The normalized spacial score (nSPS) is 11.2. The lowest BCUT2D eigenvalue weighted by atomic mass is 10.2. The maximum Gasteiger partial charge on any atom is 0.412 e. The lowest BCUT2D eigenvalue weighted by molar-refractivity contribution is 0.0635. The molecule has 5 N–H and O–H groups in total. The number of nitrogens with two attached hydrogens (primary N) is 1. The molecule has 0 saturated heterocycles. The number of carbonyl (C=O) groups excluding carboxylic acids is 2. The minimum Gasteiger partial charge on any atom is -0.444 e. The van der Waals surface area contributed by atoms with E-state index in [4.69, 9.17) is 10.5 Å². The SMILES string of the molecule is CN(c1ccc(NC(=O)OC(C)(C)C)cc1)c1ccnc(Nc2ccc(-c3nc4c(C(N)=O)cccc4[nH]3)cc2)n1. The van der Waals surface area contributed by atoms with Crippen LogP contribution in [0.5, 0.6) is 0 Å². The fourth-order valence-corrected chi connectivity index (χ4v) is 4.13. The third kappa shape index (κ3) is 6.41. The van der Waals surface area contributed by atoms with Crippen molar-refractivity contribution in [2.75, 3.05) is 22.6 Å². The van der Waals surface area contributed by atoms with Crippen molar-refractivity contribution in [1.82, 2.24) is 19.9 Å².